The molecule has 79 heavy (non-hydrogen) atoms. The van der Waals surface area contributed by atoms with Crippen LogP contribution in [0.3, 0.4) is 0 Å². The lowest BCUT2D eigenvalue weighted by atomic mass is 9.78. The van der Waals surface area contributed by atoms with Crippen LogP contribution in [0.25, 0.3) is 0 Å². The number of esters is 1. The molecule has 35 heteroatoms. The summed E-state index contributed by atoms with van der Waals surface area (Å²) in [4.78, 5) is 74.0. The van der Waals surface area contributed by atoms with Crippen molar-refractivity contribution in [3.05, 3.63) is 0 Å². The Morgan fingerprint density at radius 1 is 0.595 bits per heavy atom. The molecule has 0 bridgehead atoms. The number of nitrogens with two attached hydrogens (primary N) is 5. The van der Waals surface area contributed by atoms with Crippen LogP contribution in [0.15, 0.2) is 4.99 Å². The summed E-state index contributed by atoms with van der Waals surface area (Å²) in [6.45, 7) is 1.64. The van der Waals surface area contributed by atoms with E-state index in [0.717, 1.165) is 27.9 Å². The summed E-state index contributed by atoms with van der Waals surface area (Å²) in [5.74, 6) is -24.4. The van der Waals surface area contributed by atoms with Crippen LogP contribution in [-0.2, 0) is 47.7 Å². The normalized spacial score (nSPS) is 33.0. The number of ketones is 3. The Balaban J connectivity index is -0.000000518. The number of hydrogen-bond donors (Lipinski definition) is 18. The number of nitrogens with zero attached hydrogens (tertiary/aromatic N) is 1. The van der Waals surface area contributed by atoms with Gasteiger partial charge in [-0.1, -0.05) is 22.3 Å². The maximum atomic E-state index is 15.2. The first kappa shape index (κ1) is 80.5. The van der Waals surface area contributed by atoms with Gasteiger partial charge in [0.15, 0.2) is 18.3 Å². The minimum absolute atomic E-state index is 0. The van der Waals surface area contributed by atoms with Gasteiger partial charge in [-0.3, -0.25) is 16.5 Å². The van der Waals surface area contributed by atoms with Gasteiger partial charge in [-0.2, -0.15) is 13.2 Å². The first-order valence-electron chi connectivity index (χ1n) is 22.5. The molecule has 0 radical (unpaired) electrons. The molecule has 466 valence electrons. The zero-order chi connectivity index (χ0) is 59.7. The number of guanidine groups is 2. The number of carbonyl (C=O) groups excluding carboxylic acids is 4. The van der Waals surface area contributed by atoms with Gasteiger partial charge in [0.1, 0.15) is 60.0 Å². The zero-order valence-corrected chi connectivity index (χ0v) is 41.4. The van der Waals surface area contributed by atoms with Crippen LogP contribution < -0.4 is 33.7 Å². The summed E-state index contributed by atoms with van der Waals surface area (Å²) in [5.41, 5.74) is 26.4. The molecular weight excluding hydrogens is 1090 g/mol. The van der Waals surface area contributed by atoms with Gasteiger partial charge < -0.3 is 112 Å². The van der Waals surface area contributed by atoms with Crippen molar-refractivity contribution in [3.8, 4) is 0 Å². The molecule has 29 nitrogen and oxygen atoms in total. The van der Waals surface area contributed by atoms with Crippen LogP contribution in [0.2, 0.25) is 0 Å². The average molecular weight is 1180 g/mol. The van der Waals surface area contributed by atoms with Crippen LogP contribution in [-0.4, -0.2) is 251 Å². The van der Waals surface area contributed by atoms with E-state index in [1.54, 1.807) is 0 Å². The fourth-order valence-electron chi connectivity index (χ4n) is 8.13. The molecule has 0 aliphatic carbocycles. The molecule has 0 spiro atoms. The molecule has 23 N–H and O–H groups in total. The Bertz CT molecular complexity index is 1990. The van der Waals surface area contributed by atoms with E-state index in [-0.39, 0.29) is 28.9 Å². The summed E-state index contributed by atoms with van der Waals surface area (Å²) in [6.07, 6.45) is -26.6. The summed E-state index contributed by atoms with van der Waals surface area (Å²) in [5, 5.41) is 110. The molecule has 0 aromatic heterocycles. The summed E-state index contributed by atoms with van der Waals surface area (Å²) >= 11 is 0. The Hall–Kier alpha value is -5.02. The van der Waals surface area contributed by atoms with E-state index in [1.807, 2.05) is 0 Å². The third-order valence-electron chi connectivity index (χ3n) is 11.7. The largest absolute Gasteiger partial charge is 0.477 e. The number of aliphatic carboxylic acids is 2. The minimum atomic E-state index is -3.93. The number of Topliss-reactive ketones (excluding diaryl/α,β-unsaturated/α-hetero) is 3. The standard InChI is InChI=1S/C15H25F2N3O7.C13H21F2N3O7.C12H19F2NO7.CH4O.3CH4/c1-3-26-13(25)15(17)12(16)9(20-14(18)19)7(4-6(2)22)11(27-15)10(24)8(23)5-21;1-4(20)2-5-7(18-12(16)17)10(14)13(15,11(23)24)25-9(5)8(22)6(21)3-19;1-4(17)2-5-7(15)10(13)12(14,11(20)21)22-9(5)8(19)6(18)3-16;1-2;;;/h7-12,21,23-24H,3-5H2,1-2H3,(H4,18,19,20);5-10,19,21-22H,2-3H2,1H3,(H,23,24)(H4,16,17,18);5-10,16,18-19H,2-3,15H2,1H3,(H,20,21);2H,1H3;3*1H4/p+1/t7-,8-,9+,10-,11?,12?,15-;5-,6-,7+,8-,9?,10?,13-;5-,6-,7+,8-,9?,10?,12-;;;;/m111..../s1. The van der Waals surface area contributed by atoms with Crippen molar-refractivity contribution in [3.63, 3.8) is 0 Å². The first-order valence-corrected chi connectivity index (χ1v) is 22.5. The number of carboxylic acid groups (broad SMARTS) is 2. The third-order valence-corrected chi connectivity index (χ3v) is 11.7. The van der Waals surface area contributed by atoms with E-state index in [4.69, 9.17) is 64.0 Å². The summed E-state index contributed by atoms with van der Waals surface area (Å²) < 4.78 is 106. The number of aliphatic imine (C=N–C) groups is 1. The van der Waals surface area contributed by atoms with Gasteiger partial charge >= 0.3 is 41.4 Å². The fraction of sp³-hybridized carbons (Fsp3) is 0.818. The van der Waals surface area contributed by atoms with Crippen LogP contribution in [0, 0.1) is 17.8 Å². The highest BCUT2D eigenvalue weighted by atomic mass is 19.2. The Morgan fingerprint density at radius 2 is 0.924 bits per heavy atom. The number of ether oxygens (including phenoxy) is 4. The van der Waals surface area contributed by atoms with Crippen molar-refractivity contribution in [2.24, 2.45) is 51.4 Å². The number of carboxylic acids is 2. The van der Waals surface area contributed by atoms with Gasteiger partial charge in [0.2, 0.25) is 6.17 Å². The Labute approximate surface area is 450 Å². The highest BCUT2D eigenvalue weighted by Crippen LogP contribution is 2.43. The molecule has 0 aromatic rings. The zero-order valence-electron chi connectivity index (χ0n) is 41.4. The third kappa shape index (κ3) is 20.2. The first-order chi connectivity index (χ1) is 35.0. The van der Waals surface area contributed by atoms with E-state index in [1.165, 1.54) is 6.92 Å². The van der Waals surface area contributed by atoms with Crippen LogP contribution >= 0.6 is 0 Å². The molecular formula is C44H82F6N7O22+. The number of hydrogen-bond acceptors (Lipinski definition) is 22. The van der Waals surface area contributed by atoms with Gasteiger partial charge in [-0.05, 0) is 27.7 Å². The number of halogens is 6. The number of carbonyl (C=O) groups is 6. The quantitative estimate of drug-likeness (QED) is 0.0220. The number of alkyl halides is 6. The average Bonchev–Trinajstić information content (AvgIpc) is 3.34. The second kappa shape index (κ2) is 35.0. The SMILES string of the molecule is C.C.C.CC(=O)C[C@H]1C([C@H](O)[C@H](O)CO)O[C@@](F)(C(=O)O)C(F)[C@H]1N.CC(=O)C[C@H]1C([C@H](O)[C@H](O)CO)O[C@@](F)(C(=O)O)C(F)[C@H]1N=C(N)N.CCOC(=O)[C@]1(F)OC([C@H](O)[C@H](O)CO)[C@H](CC(C)=O)[C@H]([NH+]=C(N)N)C1F.CO. The number of rotatable bonds is 21. The molecule has 0 saturated carbocycles. The van der Waals surface area contributed by atoms with Gasteiger partial charge in [-0.15, -0.1) is 0 Å². The summed E-state index contributed by atoms with van der Waals surface area (Å²) in [6, 6.07) is -5.31. The highest BCUT2D eigenvalue weighted by molar-refractivity contribution is 5.81. The van der Waals surface area contributed by atoms with Crippen LogP contribution in [0.4, 0.5) is 26.3 Å². The van der Waals surface area contributed by atoms with E-state index >= 15 is 4.39 Å². The van der Waals surface area contributed by atoms with Crippen LogP contribution in [0.5, 0.6) is 0 Å². The Kier molecular flexibility index (Phi) is 35.6. The van der Waals surface area contributed by atoms with Crippen molar-refractivity contribution in [1.82, 2.24) is 0 Å². The second-order valence-corrected chi connectivity index (χ2v) is 17.4. The maximum Gasteiger partial charge on any atom is 0.375 e. The van der Waals surface area contributed by atoms with E-state index < -0.39 is 213 Å². The predicted molar refractivity (Wildman–Crippen MR) is 260 cm³/mol. The van der Waals surface area contributed by atoms with Crippen molar-refractivity contribution in [1.29, 1.82) is 0 Å². The van der Waals surface area contributed by atoms with Crippen molar-refractivity contribution in [2.45, 2.75) is 178 Å². The molecule has 0 amide bonds. The van der Waals surface area contributed by atoms with Gasteiger partial charge in [0, 0.05) is 50.2 Å². The molecule has 21 atom stereocenters. The van der Waals surface area contributed by atoms with E-state index in [9.17, 15) is 81.4 Å². The van der Waals surface area contributed by atoms with Crippen LogP contribution in [0.1, 0.15) is 69.2 Å². The highest BCUT2D eigenvalue weighted by Gasteiger charge is 2.66. The van der Waals surface area contributed by atoms with Gasteiger partial charge in [0.25, 0.3) is 0 Å². The number of aliphatic hydroxyl groups is 10. The van der Waals surface area contributed by atoms with Crippen molar-refractivity contribution >= 4 is 47.2 Å². The van der Waals surface area contributed by atoms with Crippen molar-refractivity contribution in [2.75, 3.05) is 33.5 Å². The molecule has 3 fully saturated rings. The fourth-order valence-corrected chi connectivity index (χ4v) is 8.13. The molecule has 3 aliphatic heterocycles. The predicted octanol–water partition coefficient (Wildman–Crippen LogP) is -6.96. The lowest BCUT2D eigenvalue weighted by Crippen LogP contribution is -2.91. The minimum Gasteiger partial charge on any atom is -0.477 e. The topological polar surface area (TPSA) is 539 Å². The molecule has 3 aliphatic rings. The molecule has 3 heterocycles. The molecule has 0 aromatic carbocycles. The lowest BCUT2D eigenvalue weighted by Gasteiger charge is -2.45. The second-order valence-electron chi connectivity index (χ2n) is 17.4. The molecule has 3 saturated heterocycles. The van der Waals surface area contributed by atoms with E-state index in [0.29, 0.717) is 0 Å². The monoisotopic (exact) mass is 1170 g/mol. The Morgan fingerprint density at radius 3 is 1.25 bits per heavy atom. The lowest BCUT2D eigenvalue weighted by molar-refractivity contribution is -0.549. The van der Waals surface area contributed by atoms with Gasteiger partial charge in [0.05, 0.1) is 50.8 Å². The van der Waals surface area contributed by atoms with Crippen molar-refractivity contribution < 1.29 is 140 Å². The number of nitrogens with one attached hydrogen (secondary N) is 1. The molecule has 3 rings (SSSR count). The van der Waals surface area contributed by atoms with E-state index in [2.05, 4.69) is 24.2 Å². The number of aliphatic hydroxyl groups excluding tert-OH is 10. The summed E-state index contributed by atoms with van der Waals surface area (Å²) in [7, 11) is 1.00. The van der Waals surface area contributed by atoms with Gasteiger partial charge in [-0.25, -0.2) is 32.5 Å². The smallest absolute Gasteiger partial charge is 0.375 e. The molecule has 6 unspecified atom stereocenters. The maximum absolute atomic E-state index is 15.2.